The Bertz CT molecular complexity index is 227. The average Bonchev–Trinajstić information content (AvgIpc) is 2.43. The standard InChI is InChI=1S/C18H38N2/c1-5-6-7-8-9-10-11-12-13-20-15-18(16(2)3)19-14-17(20)4/h16-19H,5-15H2,1-4H3. The van der Waals surface area contributed by atoms with Crippen molar-refractivity contribution in [1.29, 1.82) is 0 Å². The van der Waals surface area contributed by atoms with Crippen LogP contribution in [0, 0.1) is 5.92 Å². The van der Waals surface area contributed by atoms with Gasteiger partial charge in [0.1, 0.15) is 0 Å². The van der Waals surface area contributed by atoms with E-state index in [0.29, 0.717) is 6.04 Å². The Hall–Kier alpha value is -0.0800. The molecule has 0 amide bonds. The van der Waals surface area contributed by atoms with Gasteiger partial charge in [0.15, 0.2) is 0 Å². The van der Waals surface area contributed by atoms with Crippen LogP contribution in [0.3, 0.4) is 0 Å². The first-order valence-corrected chi connectivity index (χ1v) is 9.12. The molecule has 0 bridgehead atoms. The van der Waals surface area contributed by atoms with E-state index in [9.17, 15) is 0 Å². The molecule has 20 heavy (non-hydrogen) atoms. The number of unbranched alkanes of at least 4 members (excludes halogenated alkanes) is 7. The van der Waals surface area contributed by atoms with Gasteiger partial charge in [-0.3, -0.25) is 4.90 Å². The van der Waals surface area contributed by atoms with E-state index in [4.69, 9.17) is 0 Å². The topological polar surface area (TPSA) is 15.3 Å². The Morgan fingerprint density at radius 1 is 1.00 bits per heavy atom. The molecule has 1 N–H and O–H groups in total. The van der Waals surface area contributed by atoms with E-state index in [1.54, 1.807) is 0 Å². The minimum absolute atomic E-state index is 0.695. The summed E-state index contributed by atoms with van der Waals surface area (Å²) in [6.45, 7) is 13.0. The van der Waals surface area contributed by atoms with Gasteiger partial charge in [-0.15, -0.1) is 0 Å². The average molecular weight is 283 g/mol. The Labute approximate surface area is 127 Å². The number of nitrogens with one attached hydrogen (secondary N) is 1. The predicted octanol–water partition coefficient (Wildman–Crippen LogP) is 4.45. The van der Waals surface area contributed by atoms with Gasteiger partial charge in [-0.2, -0.15) is 0 Å². The van der Waals surface area contributed by atoms with Crippen molar-refractivity contribution >= 4 is 0 Å². The minimum atomic E-state index is 0.695. The van der Waals surface area contributed by atoms with E-state index in [-0.39, 0.29) is 0 Å². The first-order valence-electron chi connectivity index (χ1n) is 9.12. The van der Waals surface area contributed by atoms with Crippen LogP contribution in [0.2, 0.25) is 0 Å². The van der Waals surface area contributed by atoms with E-state index >= 15 is 0 Å². The number of rotatable bonds is 10. The molecule has 1 rings (SSSR count). The van der Waals surface area contributed by atoms with Crippen LogP contribution in [0.15, 0.2) is 0 Å². The number of nitrogens with zero attached hydrogens (tertiary/aromatic N) is 1. The molecule has 2 heteroatoms. The molecule has 1 fully saturated rings. The highest BCUT2D eigenvalue weighted by Gasteiger charge is 2.25. The number of hydrogen-bond acceptors (Lipinski definition) is 2. The van der Waals surface area contributed by atoms with Crippen LogP contribution in [-0.2, 0) is 0 Å². The van der Waals surface area contributed by atoms with E-state index < -0.39 is 0 Å². The van der Waals surface area contributed by atoms with Crippen molar-refractivity contribution in [2.75, 3.05) is 19.6 Å². The lowest BCUT2D eigenvalue weighted by molar-refractivity contribution is 0.121. The normalized spacial score (nSPS) is 24.4. The van der Waals surface area contributed by atoms with Crippen LogP contribution >= 0.6 is 0 Å². The molecular weight excluding hydrogens is 244 g/mol. The van der Waals surface area contributed by atoms with E-state index in [0.717, 1.165) is 12.0 Å². The van der Waals surface area contributed by atoms with Crippen LogP contribution in [0.25, 0.3) is 0 Å². The minimum Gasteiger partial charge on any atom is -0.311 e. The summed E-state index contributed by atoms with van der Waals surface area (Å²) in [6, 6.07) is 1.41. The molecule has 0 aromatic heterocycles. The summed E-state index contributed by atoms with van der Waals surface area (Å²) >= 11 is 0. The predicted molar refractivity (Wildman–Crippen MR) is 90.3 cm³/mol. The second kappa shape index (κ2) is 10.6. The van der Waals surface area contributed by atoms with Crippen LogP contribution in [0.4, 0.5) is 0 Å². The smallest absolute Gasteiger partial charge is 0.0218 e. The van der Waals surface area contributed by atoms with Crippen molar-refractivity contribution in [1.82, 2.24) is 10.2 Å². The lowest BCUT2D eigenvalue weighted by Gasteiger charge is -2.40. The maximum absolute atomic E-state index is 3.69. The Balaban J connectivity index is 2.05. The summed E-state index contributed by atoms with van der Waals surface area (Å²) in [5.41, 5.74) is 0. The van der Waals surface area contributed by atoms with Crippen LogP contribution < -0.4 is 5.32 Å². The van der Waals surface area contributed by atoms with Crippen molar-refractivity contribution in [3.05, 3.63) is 0 Å². The molecular formula is C18H38N2. The van der Waals surface area contributed by atoms with Gasteiger partial charge < -0.3 is 5.32 Å². The summed E-state index contributed by atoms with van der Waals surface area (Å²) in [7, 11) is 0. The van der Waals surface area contributed by atoms with E-state index in [1.807, 2.05) is 0 Å². The molecule has 0 saturated carbocycles. The molecule has 0 aromatic carbocycles. The molecule has 0 spiro atoms. The lowest BCUT2D eigenvalue weighted by Crippen LogP contribution is -2.57. The van der Waals surface area contributed by atoms with Crippen molar-refractivity contribution in [3.8, 4) is 0 Å². The molecule has 120 valence electrons. The summed E-state index contributed by atoms with van der Waals surface area (Å²) in [5.74, 6) is 0.753. The zero-order chi connectivity index (χ0) is 14.8. The third kappa shape index (κ3) is 7.08. The third-order valence-electron chi connectivity index (χ3n) is 4.83. The Morgan fingerprint density at radius 3 is 2.20 bits per heavy atom. The van der Waals surface area contributed by atoms with Crippen LogP contribution in [-0.4, -0.2) is 36.6 Å². The highest BCUT2D eigenvalue weighted by molar-refractivity contribution is 4.85. The molecule has 2 nitrogen and oxygen atoms in total. The van der Waals surface area contributed by atoms with E-state index in [1.165, 1.54) is 71.0 Å². The zero-order valence-corrected chi connectivity index (χ0v) is 14.5. The second-order valence-corrected chi connectivity index (χ2v) is 7.08. The SMILES string of the molecule is CCCCCCCCCCN1CC(C(C)C)NCC1C. The van der Waals surface area contributed by atoms with Crippen molar-refractivity contribution in [2.24, 2.45) is 5.92 Å². The lowest BCUT2D eigenvalue weighted by atomic mass is 9.99. The van der Waals surface area contributed by atoms with Gasteiger partial charge in [-0.1, -0.05) is 65.7 Å². The van der Waals surface area contributed by atoms with Crippen molar-refractivity contribution in [2.45, 2.75) is 91.1 Å². The zero-order valence-electron chi connectivity index (χ0n) is 14.5. The summed E-state index contributed by atoms with van der Waals surface area (Å²) in [5, 5.41) is 3.69. The Morgan fingerprint density at radius 2 is 1.60 bits per heavy atom. The van der Waals surface area contributed by atoms with Gasteiger partial charge in [0.05, 0.1) is 0 Å². The molecule has 2 atom stereocenters. The molecule has 0 aliphatic carbocycles. The third-order valence-corrected chi connectivity index (χ3v) is 4.83. The molecule has 1 saturated heterocycles. The fraction of sp³-hybridized carbons (Fsp3) is 1.00. The van der Waals surface area contributed by atoms with Gasteiger partial charge in [-0.05, 0) is 25.8 Å². The molecule has 1 aliphatic heterocycles. The van der Waals surface area contributed by atoms with Gasteiger partial charge in [-0.25, -0.2) is 0 Å². The van der Waals surface area contributed by atoms with Crippen molar-refractivity contribution in [3.63, 3.8) is 0 Å². The summed E-state index contributed by atoms with van der Waals surface area (Å²) < 4.78 is 0. The van der Waals surface area contributed by atoms with E-state index in [2.05, 4.69) is 37.9 Å². The first-order chi connectivity index (χ1) is 9.65. The Kier molecular flexibility index (Phi) is 9.54. The molecule has 0 aromatic rings. The quantitative estimate of drug-likeness (QED) is 0.596. The van der Waals surface area contributed by atoms with Crippen LogP contribution in [0.5, 0.6) is 0 Å². The highest BCUT2D eigenvalue weighted by Crippen LogP contribution is 2.14. The van der Waals surface area contributed by atoms with Gasteiger partial charge in [0, 0.05) is 25.2 Å². The van der Waals surface area contributed by atoms with Crippen LogP contribution in [0.1, 0.15) is 79.1 Å². The highest BCUT2D eigenvalue weighted by atomic mass is 15.2. The molecule has 1 aliphatic rings. The summed E-state index contributed by atoms with van der Waals surface area (Å²) in [4.78, 5) is 2.71. The number of hydrogen-bond donors (Lipinski definition) is 1. The maximum atomic E-state index is 3.69. The monoisotopic (exact) mass is 282 g/mol. The van der Waals surface area contributed by atoms with Gasteiger partial charge in [0.2, 0.25) is 0 Å². The second-order valence-electron chi connectivity index (χ2n) is 7.08. The maximum Gasteiger partial charge on any atom is 0.0218 e. The summed E-state index contributed by atoms with van der Waals surface area (Å²) in [6.07, 6.45) is 11.4. The number of piperazine rings is 1. The van der Waals surface area contributed by atoms with Gasteiger partial charge in [0.25, 0.3) is 0 Å². The first kappa shape index (κ1) is 18.0. The fourth-order valence-electron chi connectivity index (χ4n) is 3.16. The van der Waals surface area contributed by atoms with Crippen molar-refractivity contribution < 1.29 is 0 Å². The largest absolute Gasteiger partial charge is 0.311 e. The fourth-order valence-corrected chi connectivity index (χ4v) is 3.16. The molecule has 1 heterocycles. The van der Waals surface area contributed by atoms with Gasteiger partial charge >= 0.3 is 0 Å². The molecule has 0 radical (unpaired) electrons. The molecule has 2 unspecified atom stereocenters.